The van der Waals surface area contributed by atoms with Crippen LogP contribution in [-0.2, 0) is 9.53 Å². The van der Waals surface area contributed by atoms with E-state index in [0.29, 0.717) is 11.6 Å². The van der Waals surface area contributed by atoms with Gasteiger partial charge in [0.05, 0.1) is 7.11 Å². The van der Waals surface area contributed by atoms with Crippen molar-refractivity contribution in [2.75, 3.05) is 13.7 Å². The van der Waals surface area contributed by atoms with Crippen molar-refractivity contribution in [3.05, 3.63) is 60.5 Å². The van der Waals surface area contributed by atoms with Crippen LogP contribution in [0.2, 0.25) is 0 Å². The van der Waals surface area contributed by atoms with Crippen LogP contribution in [0.25, 0.3) is 11.5 Å². The van der Waals surface area contributed by atoms with E-state index in [1.807, 2.05) is 18.2 Å². The summed E-state index contributed by atoms with van der Waals surface area (Å²) in [6.45, 7) is 1.46. The van der Waals surface area contributed by atoms with Crippen LogP contribution in [0.4, 0.5) is 0 Å². The Morgan fingerprint density at radius 3 is 2.46 bits per heavy atom. The summed E-state index contributed by atoms with van der Waals surface area (Å²) in [5.41, 5.74) is 0.746. The van der Waals surface area contributed by atoms with Gasteiger partial charge in [-0.3, -0.25) is 0 Å². The van der Waals surface area contributed by atoms with Crippen molar-refractivity contribution < 1.29 is 23.4 Å². The molecule has 0 aliphatic rings. The molecule has 0 saturated carbocycles. The Hall–Kier alpha value is -3.35. The van der Waals surface area contributed by atoms with Gasteiger partial charge in [0.15, 0.2) is 12.7 Å². The average Bonchev–Trinajstić information content (AvgIpc) is 3.18. The van der Waals surface area contributed by atoms with Crippen LogP contribution >= 0.6 is 0 Å². The second kappa shape index (κ2) is 8.15. The molecule has 134 valence electrons. The van der Waals surface area contributed by atoms with Crippen LogP contribution in [0.1, 0.15) is 18.9 Å². The monoisotopic (exact) mass is 354 g/mol. The molecule has 1 aromatic heterocycles. The summed E-state index contributed by atoms with van der Waals surface area (Å²) in [5.74, 6) is 1.35. The van der Waals surface area contributed by atoms with Crippen LogP contribution in [0.5, 0.6) is 11.5 Å². The van der Waals surface area contributed by atoms with Crippen LogP contribution in [-0.4, -0.2) is 29.9 Å². The highest BCUT2D eigenvalue weighted by atomic mass is 16.6. The number of esters is 1. The highest BCUT2D eigenvalue weighted by Gasteiger charge is 2.19. The molecule has 2 aromatic carbocycles. The lowest BCUT2D eigenvalue weighted by Gasteiger charge is -2.10. The molecule has 0 amide bonds. The van der Waals surface area contributed by atoms with Gasteiger partial charge in [-0.25, -0.2) is 4.79 Å². The normalized spacial score (nSPS) is 11.6. The van der Waals surface area contributed by atoms with Crippen molar-refractivity contribution in [3.8, 4) is 23.0 Å². The number of ether oxygens (including phenoxy) is 3. The number of para-hydroxylation sites is 1. The van der Waals surface area contributed by atoms with E-state index in [4.69, 9.17) is 18.6 Å². The van der Waals surface area contributed by atoms with Crippen molar-refractivity contribution in [2.24, 2.45) is 0 Å². The molecular weight excluding hydrogens is 336 g/mol. The standard InChI is InChI=1S/C19H18N2O5/c1-13(25-17(22)12-24-16-6-4-3-5-7-16)18-20-21-19(26-18)14-8-10-15(23-2)11-9-14/h3-11,13H,12H2,1-2H3/t13-/m1/s1. The van der Waals surface area contributed by atoms with Crippen molar-refractivity contribution in [3.63, 3.8) is 0 Å². The lowest BCUT2D eigenvalue weighted by atomic mass is 10.2. The van der Waals surface area contributed by atoms with E-state index in [0.717, 1.165) is 11.3 Å². The fraction of sp³-hybridized carbons (Fsp3) is 0.211. The third kappa shape index (κ3) is 4.38. The van der Waals surface area contributed by atoms with Crippen LogP contribution in [0, 0.1) is 0 Å². The summed E-state index contributed by atoms with van der Waals surface area (Å²) in [7, 11) is 1.59. The molecule has 1 heterocycles. The summed E-state index contributed by atoms with van der Waals surface area (Å²) >= 11 is 0. The fourth-order valence-electron chi connectivity index (χ4n) is 2.19. The van der Waals surface area contributed by atoms with E-state index >= 15 is 0 Å². The third-order valence-corrected chi connectivity index (χ3v) is 3.53. The average molecular weight is 354 g/mol. The second-order valence-corrected chi connectivity index (χ2v) is 5.41. The number of carbonyl (C=O) groups excluding carboxylic acids is 1. The van der Waals surface area contributed by atoms with Crippen LogP contribution in [0.3, 0.4) is 0 Å². The Morgan fingerprint density at radius 2 is 1.77 bits per heavy atom. The van der Waals surface area contributed by atoms with Gasteiger partial charge in [-0.05, 0) is 43.3 Å². The molecule has 26 heavy (non-hydrogen) atoms. The SMILES string of the molecule is COc1ccc(-c2nnc([C@@H](C)OC(=O)COc3ccccc3)o2)cc1. The molecule has 0 radical (unpaired) electrons. The van der Waals surface area contributed by atoms with Gasteiger partial charge in [0, 0.05) is 5.56 Å². The van der Waals surface area contributed by atoms with E-state index in [9.17, 15) is 4.79 Å². The maximum Gasteiger partial charge on any atom is 0.344 e. The zero-order valence-electron chi connectivity index (χ0n) is 14.4. The number of methoxy groups -OCH3 is 1. The Bertz CT molecular complexity index is 846. The first-order chi connectivity index (χ1) is 12.7. The molecule has 3 aromatic rings. The third-order valence-electron chi connectivity index (χ3n) is 3.53. The van der Waals surface area contributed by atoms with Crippen LogP contribution in [0.15, 0.2) is 59.0 Å². The maximum atomic E-state index is 11.9. The van der Waals surface area contributed by atoms with Gasteiger partial charge in [0.2, 0.25) is 5.89 Å². The number of hydrogen-bond acceptors (Lipinski definition) is 7. The van der Waals surface area contributed by atoms with Gasteiger partial charge in [-0.2, -0.15) is 0 Å². The van der Waals surface area contributed by atoms with Gasteiger partial charge < -0.3 is 18.6 Å². The molecule has 0 aliphatic heterocycles. The van der Waals surface area contributed by atoms with Gasteiger partial charge in [-0.1, -0.05) is 18.2 Å². The Balaban J connectivity index is 1.57. The first-order valence-electron chi connectivity index (χ1n) is 8.01. The molecule has 0 fully saturated rings. The number of benzene rings is 2. The highest BCUT2D eigenvalue weighted by Crippen LogP contribution is 2.24. The quantitative estimate of drug-likeness (QED) is 0.601. The zero-order valence-corrected chi connectivity index (χ0v) is 14.4. The lowest BCUT2D eigenvalue weighted by Crippen LogP contribution is -2.17. The van der Waals surface area contributed by atoms with Gasteiger partial charge in [-0.15, -0.1) is 10.2 Å². The second-order valence-electron chi connectivity index (χ2n) is 5.41. The molecule has 0 spiro atoms. The zero-order chi connectivity index (χ0) is 18.4. The molecule has 0 aliphatic carbocycles. The smallest absolute Gasteiger partial charge is 0.344 e. The number of hydrogen-bond donors (Lipinski definition) is 0. The first kappa shape index (κ1) is 17.5. The van der Waals surface area contributed by atoms with Crippen molar-refractivity contribution >= 4 is 5.97 Å². The van der Waals surface area contributed by atoms with Gasteiger partial charge in [0.25, 0.3) is 5.89 Å². The molecule has 0 N–H and O–H groups in total. The predicted octanol–water partition coefficient (Wildman–Crippen LogP) is 3.43. The fourth-order valence-corrected chi connectivity index (χ4v) is 2.19. The van der Waals surface area contributed by atoms with Crippen molar-refractivity contribution in [1.29, 1.82) is 0 Å². The highest BCUT2D eigenvalue weighted by molar-refractivity contribution is 5.71. The molecular formula is C19H18N2O5. The topological polar surface area (TPSA) is 83.7 Å². The summed E-state index contributed by atoms with van der Waals surface area (Å²) < 4.78 is 21.3. The number of carbonyl (C=O) groups is 1. The van der Waals surface area contributed by atoms with E-state index < -0.39 is 12.1 Å². The Morgan fingerprint density at radius 1 is 1.04 bits per heavy atom. The first-order valence-corrected chi connectivity index (χ1v) is 8.01. The van der Waals surface area contributed by atoms with E-state index in [1.54, 1.807) is 50.4 Å². The lowest BCUT2D eigenvalue weighted by molar-refractivity contribution is -0.152. The molecule has 0 saturated heterocycles. The largest absolute Gasteiger partial charge is 0.497 e. The van der Waals surface area contributed by atoms with E-state index in [1.165, 1.54) is 0 Å². The molecule has 1 atom stereocenters. The maximum absolute atomic E-state index is 11.9. The number of rotatable bonds is 7. The van der Waals surface area contributed by atoms with E-state index in [-0.39, 0.29) is 12.5 Å². The minimum atomic E-state index is -0.679. The minimum absolute atomic E-state index is 0.201. The molecule has 7 nitrogen and oxygen atoms in total. The van der Waals surface area contributed by atoms with Crippen molar-refractivity contribution in [2.45, 2.75) is 13.0 Å². The predicted molar refractivity (Wildman–Crippen MR) is 92.7 cm³/mol. The summed E-state index contributed by atoms with van der Waals surface area (Å²) in [5, 5.41) is 7.92. The summed E-state index contributed by atoms with van der Waals surface area (Å²) in [6.07, 6.45) is -0.679. The van der Waals surface area contributed by atoms with Gasteiger partial charge >= 0.3 is 5.97 Å². The van der Waals surface area contributed by atoms with Crippen molar-refractivity contribution in [1.82, 2.24) is 10.2 Å². The molecule has 7 heteroatoms. The summed E-state index contributed by atoms with van der Waals surface area (Å²) in [4.78, 5) is 11.9. The van der Waals surface area contributed by atoms with Gasteiger partial charge in [0.1, 0.15) is 11.5 Å². The van der Waals surface area contributed by atoms with E-state index in [2.05, 4.69) is 10.2 Å². The molecule has 3 rings (SSSR count). The molecule has 0 unspecified atom stereocenters. The minimum Gasteiger partial charge on any atom is -0.497 e. The van der Waals surface area contributed by atoms with Crippen LogP contribution < -0.4 is 9.47 Å². The summed E-state index contributed by atoms with van der Waals surface area (Å²) in [6, 6.07) is 16.2. The number of nitrogens with zero attached hydrogens (tertiary/aromatic N) is 2. The Kier molecular flexibility index (Phi) is 5.48. The number of aromatic nitrogens is 2. The molecule has 0 bridgehead atoms. The Labute approximate surface area is 150 Å².